The van der Waals surface area contributed by atoms with Gasteiger partial charge in [0, 0.05) is 17.5 Å². The zero-order valence-electron chi connectivity index (χ0n) is 16.2. The zero-order valence-corrected chi connectivity index (χ0v) is 17.0. The molecule has 0 unspecified atom stereocenters. The Bertz CT molecular complexity index is 813. The van der Waals surface area contributed by atoms with Crippen LogP contribution < -0.4 is 5.32 Å². The van der Waals surface area contributed by atoms with Crippen LogP contribution in [-0.2, 0) is 16.8 Å². The minimum Gasteiger partial charge on any atom is -0.351 e. The highest BCUT2D eigenvalue weighted by molar-refractivity contribution is 8.02. The number of nitrogens with zero attached hydrogens (tertiary/aromatic N) is 1. The van der Waals surface area contributed by atoms with E-state index in [1.54, 1.807) is 5.41 Å². The summed E-state index contributed by atoms with van der Waals surface area (Å²) in [6, 6.07) is 18.3. The van der Waals surface area contributed by atoms with Gasteiger partial charge in [0.25, 0.3) is 0 Å². The number of amides is 1. The molecule has 1 amide bonds. The van der Waals surface area contributed by atoms with Gasteiger partial charge in [0.1, 0.15) is 0 Å². The summed E-state index contributed by atoms with van der Waals surface area (Å²) in [5.74, 6) is 0.0675. The smallest absolute Gasteiger partial charge is 0.230 e. The lowest BCUT2D eigenvalue weighted by atomic mass is 9.75. The van der Waals surface area contributed by atoms with Crippen molar-refractivity contribution in [2.24, 2.45) is 0 Å². The van der Waals surface area contributed by atoms with Gasteiger partial charge in [-0.15, -0.1) is 0 Å². The fraction of sp³-hybridized carbons (Fsp3) is 0.304. The predicted octanol–water partition coefficient (Wildman–Crippen LogP) is 5.50. The molecule has 0 aliphatic carbocycles. The van der Waals surface area contributed by atoms with E-state index in [1.165, 1.54) is 23.4 Å². The maximum Gasteiger partial charge on any atom is 0.230 e. The van der Waals surface area contributed by atoms with Gasteiger partial charge in [0.05, 0.1) is 11.5 Å². The molecule has 27 heavy (non-hydrogen) atoms. The van der Waals surface area contributed by atoms with Crippen molar-refractivity contribution in [3.63, 3.8) is 0 Å². The molecule has 2 aromatic carbocycles. The van der Waals surface area contributed by atoms with E-state index in [4.69, 9.17) is 5.26 Å². The first-order valence-electron chi connectivity index (χ1n) is 9.21. The highest BCUT2D eigenvalue weighted by Crippen LogP contribution is 2.33. The van der Waals surface area contributed by atoms with Crippen molar-refractivity contribution < 1.29 is 4.79 Å². The lowest BCUT2D eigenvalue weighted by molar-refractivity contribution is -0.127. The number of rotatable bonds is 8. The first-order valence-corrected chi connectivity index (χ1v) is 10.1. The fourth-order valence-corrected chi connectivity index (χ4v) is 3.74. The molecule has 0 aromatic heterocycles. The molecule has 0 radical (unpaired) electrons. The predicted molar refractivity (Wildman–Crippen MR) is 112 cm³/mol. The van der Waals surface area contributed by atoms with Gasteiger partial charge >= 0.3 is 0 Å². The average Bonchev–Trinajstić information content (AvgIpc) is 2.70. The molecule has 0 heterocycles. The van der Waals surface area contributed by atoms with Gasteiger partial charge in [0.2, 0.25) is 5.91 Å². The molecule has 1 N–H and O–H groups in total. The number of aryl methyl sites for hydroxylation is 1. The Morgan fingerprint density at radius 2 is 1.74 bits per heavy atom. The number of carbonyl (C=O) groups is 1. The fourth-order valence-electron chi connectivity index (χ4n) is 3.16. The molecular weight excluding hydrogens is 352 g/mol. The molecule has 0 aliphatic heterocycles. The Balaban J connectivity index is 2.15. The van der Waals surface area contributed by atoms with E-state index in [1.807, 2.05) is 30.3 Å². The van der Waals surface area contributed by atoms with Crippen LogP contribution in [0.25, 0.3) is 0 Å². The molecule has 2 aromatic rings. The van der Waals surface area contributed by atoms with E-state index in [9.17, 15) is 4.79 Å². The third-order valence-corrected chi connectivity index (χ3v) is 5.79. The maximum atomic E-state index is 13.1. The molecule has 0 fully saturated rings. The second-order valence-corrected chi connectivity index (χ2v) is 7.51. The summed E-state index contributed by atoms with van der Waals surface area (Å²) >= 11 is 1.49. The first-order chi connectivity index (χ1) is 13.1. The van der Waals surface area contributed by atoms with Gasteiger partial charge in [-0.05, 0) is 48.4 Å². The van der Waals surface area contributed by atoms with E-state index >= 15 is 0 Å². The van der Waals surface area contributed by atoms with Gasteiger partial charge in [0.15, 0.2) is 0 Å². The molecule has 4 heteroatoms. The topological polar surface area (TPSA) is 52.9 Å². The van der Waals surface area contributed by atoms with Crippen LogP contribution in [0.2, 0.25) is 0 Å². The maximum absolute atomic E-state index is 13.1. The van der Waals surface area contributed by atoms with Crippen LogP contribution in [0.5, 0.6) is 0 Å². The third-order valence-electron chi connectivity index (χ3n) is 4.97. The molecular formula is C23H26N2OS. The molecule has 3 nitrogen and oxygen atoms in total. The van der Waals surface area contributed by atoms with Crippen molar-refractivity contribution >= 4 is 17.7 Å². The molecule has 0 saturated carbocycles. The van der Waals surface area contributed by atoms with Gasteiger partial charge in [-0.25, -0.2) is 0 Å². The van der Waals surface area contributed by atoms with Crippen molar-refractivity contribution in [1.82, 2.24) is 5.32 Å². The number of benzene rings is 2. The van der Waals surface area contributed by atoms with Crippen molar-refractivity contribution in [3.05, 3.63) is 76.7 Å². The summed E-state index contributed by atoms with van der Waals surface area (Å²) in [7, 11) is 0. The number of nitrogens with one attached hydrogen (secondary N) is 1. The van der Waals surface area contributed by atoms with Crippen LogP contribution in [0, 0.1) is 18.3 Å². The summed E-state index contributed by atoms with van der Waals surface area (Å²) in [6.45, 7) is 6.72. The van der Waals surface area contributed by atoms with E-state index in [0.29, 0.717) is 6.54 Å². The Morgan fingerprint density at radius 1 is 1.11 bits per heavy atom. The highest BCUT2D eigenvalue weighted by atomic mass is 32.2. The van der Waals surface area contributed by atoms with Gasteiger partial charge in [-0.3, -0.25) is 4.79 Å². The van der Waals surface area contributed by atoms with E-state index in [0.717, 1.165) is 28.9 Å². The first kappa shape index (κ1) is 20.8. The summed E-state index contributed by atoms with van der Waals surface area (Å²) in [5, 5.41) is 13.5. The Morgan fingerprint density at radius 3 is 2.30 bits per heavy atom. The Labute approximate surface area is 166 Å². The quantitative estimate of drug-likeness (QED) is 0.487. The monoisotopic (exact) mass is 378 g/mol. The molecule has 140 valence electrons. The number of hydrogen-bond donors (Lipinski definition) is 1. The van der Waals surface area contributed by atoms with Crippen LogP contribution in [-0.4, -0.2) is 5.91 Å². The van der Waals surface area contributed by atoms with Crippen LogP contribution in [0.1, 0.15) is 43.4 Å². The average molecular weight is 379 g/mol. The Kier molecular flexibility index (Phi) is 7.69. The summed E-state index contributed by atoms with van der Waals surface area (Å²) in [4.78, 5) is 14.1. The van der Waals surface area contributed by atoms with Crippen molar-refractivity contribution in [2.75, 3.05) is 0 Å². The second kappa shape index (κ2) is 9.99. The standard InChI is InChI=1S/C23H26N2OS/c1-4-23(5-2,20-11-13-21(14-12-20)27-16-6-15-24)22(26)25-17-19-9-7-18(3)8-10-19/h6-14,16H,4-5,17H2,1-3H3,(H,25,26). The molecule has 2 rings (SSSR count). The number of thioether (sulfide) groups is 1. The molecule has 0 spiro atoms. The minimum absolute atomic E-state index is 0.0675. The van der Waals surface area contributed by atoms with Crippen molar-refractivity contribution in [3.8, 4) is 6.07 Å². The number of carbonyl (C=O) groups excluding carboxylic acids is 1. The number of allylic oxidation sites excluding steroid dienone is 1. The van der Waals surface area contributed by atoms with Crippen molar-refractivity contribution in [1.29, 1.82) is 5.26 Å². The number of hydrogen-bond acceptors (Lipinski definition) is 3. The van der Waals surface area contributed by atoms with Crippen LogP contribution in [0.3, 0.4) is 0 Å². The third kappa shape index (κ3) is 5.24. The zero-order chi connectivity index (χ0) is 19.7. The van der Waals surface area contributed by atoms with Gasteiger partial charge in [-0.2, -0.15) is 5.26 Å². The molecule has 0 aliphatic rings. The van der Waals surface area contributed by atoms with Crippen molar-refractivity contribution in [2.45, 2.75) is 50.5 Å². The second-order valence-electron chi connectivity index (χ2n) is 6.53. The molecule has 0 bridgehead atoms. The normalized spacial score (nSPS) is 11.3. The summed E-state index contributed by atoms with van der Waals surface area (Å²) in [6.07, 6.45) is 2.94. The van der Waals surface area contributed by atoms with E-state index in [2.05, 4.69) is 50.4 Å². The molecule has 0 saturated heterocycles. The lowest BCUT2D eigenvalue weighted by Crippen LogP contribution is -2.43. The minimum atomic E-state index is -0.531. The lowest BCUT2D eigenvalue weighted by Gasteiger charge is -2.31. The van der Waals surface area contributed by atoms with Gasteiger partial charge < -0.3 is 5.32 Å². The summed E-state index contributed by atoms with van der Waals surface area (Å²) < 4.78 is 0. The van der Waals surface area contributed by atoms with Gasteiger partial charge in [-0.1, -0.05) is 67.6 Å². The van der Waals surface area contributed by atoms with Crippen LogP contribution in [0.4, 0.5) is 0 Å². The number of nitriles is 1. The van der Waals surface area contributed by atoms with E-state index < -0.39 is 5.41 Å². The largest absolute Gasteiger partial charge is 0.351 e. The van der Waals surface area contributed by atoms with Crippen LogP contribution >= 0.6 is 11.8 Å². The SMILES string of the molecule is CCC(CC)(C(=O)NCc1ccc(C)cc1)c1ccc(SC=CC#N)cc1. The highest BCUT2D eigenvalue weighted by Gasteiger charge is 2.36. The summed E-state index contributed by atoms with van der Waals surface area (Å²) in [5.41, 5.74) is 2.81. The molecule has 0 atom stereocenters. The Hall–Kier alpha value is -2.51. The van der Waals surface area contributed by atoms with Crippen LogP contribution in [0.15, 0.2) is 64.9 Å². The van der Waals surface area contributed by atoms with E-state index in [-0.39, 0.29) is 5.91 Å².